The molecule has 0 radical (unpaired) electrons. The lowest BCUT2D eigenvalue weighted by Gasteiger charge is -2.17. The summed E-state index contributed by atoms with van der Waals surface area (Å²) < 4.78 is 5.88. The molecule has 1 heterocycles. The van der Waals surface area contributed by atoms with Crippen molar-refractivity contribution < 1.29 is 4.74 Å². The molecular formula is C11H17NOS. The van der Waals surface area contributed by atoms with Crippen molar-refractivity contribution in [2.24, 2.45) is 11.7 Å². The van der Waals surface area contributed by atoms with Gasteiger partial charge in [0, 0.05) is 4.88 Å². The summed E-state index contributed by atoms with van der Waals surface area (Å²) in [4.78, 5) is 1.31. The van der Waals surface area contributed by atoms with Crippen LogP contribution in [0.15, 0.2) is 17.5 Å². The Labute approximate surface area is 89.1 Å². The molecule has 1 fully saturated rings. The maximum absolute atomic E-state index is 5.88. The van der Waals surface area contributed by atoms with Crippen LogP contribution in [0.4, 0.5) is 0 Å². The van der Waals surface area contributed by atoms with Crippen molar-refractivity contribution in [3.63, 3.8) is 0 Å². The second-order valence-electron chi connectivity index (χ2n) is 3.86. The van der Waals surface area contributed by atoms with Crippen molar-refractivity contribution >= 4 is 11.3 Å². The van der Waals surface area contributed by atoms with E-state index in [1.165, 1.54) is 24.1 Å². The Morgan fingerprint density at radius 1 is 1.50 bits per heavy atom. The number of ether oxygens (including phenoxy) is 1. The van der Waals surface area contributed by atoms with Gasteiger partial charge in [-0.3, -0.25) is 0 Å². The zero-order chi connectivity index (χ0) is 9.80. The van der Waals surface area contributed by atoms with Gasteiger partial charge in [-0.2, -0.15) is 0 Å². The molecule has 0 saturated heterocycles. The summed E-state index contributed by atoms with van der Waals surface area (Å²) in [6.07, 6.45) is 4.11. The molecule has 3 heteroatoms. The first kappa shape index (κ1) is 10.1. The SMILES string of the molecule is NCC1CCCC1OCc1cccs1. The first-order valence-corrected chi connectivity index (χ1v) is 6.12. The highest BCUT2D eigenvalue weighted by Crippen LogP contribution is 2.28. The molecule has 0 aromatic carbocycles. The van der Waals surface area contributed by atoms with Crippen LogP contribution in [-0.4, -0.2) is 12.6 Å². The van der Waals surface area contributed by atoms with E-state index in [0.29, 0.717) is 12.0 Å². The molecule has 2 atom stereocenters. The first-order chi connectivity index (χ1) is 6.90. The average Bonchev–Trinajstić information content (AvgIpc) is 2.85. The van der Waals surface area contributed by atoms with E-state index in [2.05, 4.69) is 17.5 Å². The third-order valence-corrected chi connectivity index (χ3v) is 3.76. The molecule has 1 aromatic heterocycles. The van der Waals surface area contributed by atoms with Gasteiger partial charge >= 0.3 is 0 Å². The lowest BCUT2D eigenvalue weighted by Crippen LogP contribution is -2.25. The van der Waals surface area contributed by atoms with Crippen LogP contribution in [0.3, 0.4) is 0 Å². The molecule has 0 aliphatic heterocycles. The fourth-order valence-corrected chi connectivity index (χ4v) is 2.70. The molecule has 1 aliphatic carbocycles. The predicted octanol–water partition coefficient (Wildman–Crippen LogP) is 2.39. The summed E-state index contributed by atoms with van der Waals surface area (Å²) in [7, 11) is 0. The van der Waals surface area contributed by atoms with Crippen molar-refractivity contribution in [1.29, 1.82) is 0 Å². The second-order valence-corrected chi connectivity index (χ2v) is 4.89. The van der Waals surface area contributed by atoms with Crippen molar-refractivity contribution in [1.82, 2.24) is 0 Å². The molecule has 2 N–H and O–H groups in total. The summed E-state index contributed by atoms with van der Waals surface area (Å²) in [5.74, 6) is 0.593. The van der Waals surface area contributed by atoms with E-state index in [4.69, 9.17) is 10.5 Å². The van der Waals surface area contributed by atoms with E-state index >= 15 is 0 Å². The van der Waals surface area contributed by atoms with E-state index < -0.39 is 0 Å². The van der Waals surface area contributed by atoms with Gasteiger partial charge in [0.1, 0.15) is 0 Å². The molecule has 2 unspecified atom stereocenters. The van der Waals surface area contributed by atoms with Gasteiger partial charge in [0.25, 0.3) is 0 Å². The Bertz CT molecular complexity index is 260. The molecule has 0 bridgehead atoms. The van der Waals surface area contributed by atoms with Gasteiger partial charge in [0.15, 0.2) is 0 Å². The predicted molar refractivity (Wildman–Crippen MR) is 59.3 cm³/mol. The minimum atomic E-state index is 0.405. The smallest absolute Gasteiger partial charge is 0.0813 e. The normalized spacial score (nSPS) is 26.9. The lowest BCUT2D eigenvalue weighted by atomic mass is 10.1. The van der Waals surface area contributed by atoms with Crippen LogP contribution >= 0.6 is 11.3 Å². The number of hydrogen-bond donors (Lipinski definition) is 1. The van der Waals surface area contributed by atoms with Crippen LogP contribution in [0.1, 0.15) is 24.1 Å². The quantitative estimate of drug-likeness (QED) is 0.830. The van der Waals surface area contributed by atoms with Crippen LogP contribution in [-0.2, 0) is 11.3 Å². The Morgan fingerprint density at radius 3 is 3.14 bits per heavy atom. The van der Waals surface area contributed by atoms with Crippen molar-refractivity contribution in [2.45, 2.75) is 32.0 Å². The highest BCUT2D eigenvalue weighted by atomic mass is 32.1. The molecule has 0 spiro atoms. The molecule has 2 nitrogen and oxygen atoms in total. The van der Waals surface area contributed by atoms with Crippen LogP contribution in [0.25, 0.3) is 0 Å². The van der Waals surface area contributed by atoms with Gasteiger partial charge in [-0.05, 0) is 36.8 Å². The fourth-order valence-electron chi connectivity index (χ4n) is 2.08. The average molecular weight is 211 g/mol. The van der Waals surface area contributed by atoms with Gasteiger partial charge in [-0.1, -0.05) is 12.5 Å². The summed E-state index contributed by atoms with van der Waals surface area (Å²) in [6, 6.07) is 4.19. The Balaban J connectivity index is 1.80. The molecule has 1 aliphatic rings. The molecule has 0 amide bonds. The maximum atomic E-state index is 5.88. The van der Waals surface area contributed by atoms with Gasteiger partial charge in [-0.25, -0.2) is 0 Å². The first-order valence-electron chi connectivity index (χ1n) is 5.24. The zero-order valence-corrected chi connectivity index (χ0v) is 9.13. The molecular weight excluding hydrogens is 194 g/mol. The molecule has 1 saturated carbocycles. The molecule has 78 valence electrons. The van der Waals surface area contributed by atoms with Crippen molar-refractivity contribution in [3.05, 3.63) is 22.4 Å². The number of rotatable bonds is 4. The van der Waals surface area contributed by atoms with Crippen LogP contribution < -0.4 is 5.73 Å². The number of thiophene rings is 1. The van der Waals surface area contributed by atoms with E-state index in [0.717, 1.165) is 13.2 Å². The lowest BCUT2D eigenvalue weighted by molar-refractivity contribution is 0.0196. The third kappa shape index (κ3) is 2.35. The number of nitrogens with two attached hydrogens (primary N) is 1. The van der Waals surface area contributed by atoms with Crippen molar-refractivity contribution in [2.75, 3.05) is 6.54 Å². The van der Waals surface area contributed by atoms with E-state index in [1.54, 1.807) is 11.3 Å². The van der Waals surface area contributed by atoms with Gasteiger partial charge in [0.05, 0.1) is 12.7 Å². The van der Waals surface area contributed by atoms with Crippen LogP contribution in [0.5, 0.6) is 0 Å². The minimum absolute atomic E-state index is 0.405. The highest BCUT2D eigenvalue weighted by molar-refractivity contribution is 7.09. The topological polar surface area (TPSA) is 35.2 Å². The zero-order valence-electron chi connectivity index (χ0n) is 8.32. The minimum Gasteiger partial charge on any atom is -0.372 e. The second kappa shape index (κ2) is 4.91. The fraction of sp³-hybridized carbons (Fsp3) is 0.636. The summed E-state index contributed by atoms with van der Waals surface area (Å²) in [5, 5.41) is 2.09. The van der Waals surface area contributed by atoms with E-state index in [-0.39, 0.29) is 0 Å². The van der Waals surface area contributed by atoms with Crippen molar-refractivity contribution in [3.8, 4) is 0 Å². The standard InChI is InChI=1S/C11H17NOS/c12-7-9-3-1-5-11(9)13-8-10-4-2-6-14-10/h2,4,6,9,11H,1,3,5,7-8,12H2. The monoisotopic (exact) mass is 211 g/mol. The van der Waals surface area contributed by atoms with Gasteiger partial charge in [0.2, 0.25) is 0 Å². The summed E-state index contributed by atoms with van der Waals surface area (Å²) >= 11 is 1.76. The molecule has 1 aromatic rings. The van der Waals surface area contributed by atoms with Gasteiger partial charge in [-0.15, -0.1) is 11.3 Å². The summed E-state index contributed by atoms with van der Waals surface area (Å²) in [6.45, 7) is 1.54. The van der Waals surface area contributed by atoms with Gasteiger partial charge < -0.3 is 10.5 Å². The third-order valence-electron chi connectivity index (χ3n) is 2.91. The maximum Gasteiger partial charge on any atom is 0.0813 e. The number of hydrogen-bond acceptors (Lipinski definition) is 3. The largest absolute Gasteiger partial charge is 0.372 e. The van der Waals surface area contributed by atoms with Crippen LogP contribution in [0, 0.1) is 5.92 Å². The summed E-state index contributed by atoms with van der Waals surface area (Å²) in [5.41, 5.74) is 5.70. The van der Waals surface area contributed by atoms with E-state index in [9.17, 15) is 0 Å². The molecule has 14 heavy (non-hydrogen) atoms. The molecule has 2 rings (SSSR count). The Hall–Kier alpha value is -0.380. The highest BCUT2D eigenvalue weighted by Gasteiger charge is 2.26. The van der Waals surface area contributed by atoms with Crippen LogP contribution in [0.2, 0.25) is 0 Å². The Kier molecular flexibility index (Phi) is 3.56. The Morgan fingerprint density at radius 2 is 2.43 bits per heavy atom. The van der Waals surface area contributed by atoms with E-state index in [1.807, 2.05) is 0 Å².